The number of unbranched alkanes of at least 4 members (excludes halogenated alkanes) is 8. The van der Waals surface area contributed by atoms with Gasteiger partial charge in [-0.05, 0) is 0 Å². The maximum absolute atomic E-state index is 2.55. The Kier molecular flexibility index (Phi) is 13.5. The van der Waals surface area contributed by atoms with Gasteiger partial charge in [-0.2, -0.15) is 0 Å². The van der Waals surface area contributed by atoms with Crippen molar-refractivity contribution in [1.82, 2.24) is 0 Å². The van der Waals surface area contributed by atoms with Gasteiger partial charge in [0.05, 0.1) is 0 Å². The van der Waals surface area contributed by atoms with E-state index in [0.29, 0.717) is 0 Å². The van der Waals surface area contributed by atoms with Crippen LogP contribution in [-0.4, -0.2) is 8.80 Å². The molecule has 0 spiro atoms. The second kappa shape index (κ2) is 13.3. The lowest BCUT2D eigenvalue weighted by Gasteiger charge is -2.09. The fourth-order valence-electron chi connectivity index (χ4n) is 2.19. The van der Waals surface area contributed by atoms with Gasteiger partial charge in [0.25, 0.3) is 0 Å². The van der Waals surface area contributed by atoms with E-state index in [1.165, 1.54) is 64.2 Å². The first kappa shape index (κ1) is 16.2. The molecule has 0 bridgehead atoms. The minimum absolute atomic E-state index is 0.0362. The van der Waals surface area contributed by atoms with Crippen molar-refractivity contribution < 1.29 is 0 Å². The van der Waals surface area contributed by atoms with Gasteiger partial charge >= 0.3 is 0 Å². The molecule has 97 valence electrons. The van der Waals surface area contributed by atoms with Crippen LogP contribution in [0.4, 0.5) is 0 Å². The highest BCUT2D eigenvalue weighted by Gasteiger charge is 2.03. The lowest BCUT2D eigenvalue weighted by atomic mass is 10.2. The molecule has 0 aliphatic carbocycles. The van der Waals surface area contributed by atoms with Gasteiger partial charge < -0.3 is 0 Å². The highest BCUT2D eigenvalue weighted by atomic mass is 28.3. The maximum atomic E-state index is 2.55. The minimum atomic E-state index is 0.0362. The van der Waals surface area contributed by atoms with Crippen LogP contribution < -0.4 is 0 Å². The smallest absolute Gasteiger partial charge is 0.0446 e. The Morgan fingerprint density at radius 2 is 0.938 bits per heavy atom. The van der Waals surface area contributed by atoms with Gasteiger partial charge in [0, 0.05) is 8.80 Å². The summed E-state index contributed by atoms with van der Waals surface area (Å²) in [5.41, 5.74) is 0. The zero-order chi connectivity index (χ0) is 12.1. The molecule has 0 aromatic heterocycles. The van der Waals surface area contributed by atoms with Gasteiger partial charge in [-0.3, -0.25) is 0 Å². The van der Waals surface area contributed by atoms with E-state index >= 15 is 0 Å². The van der Waals surface area contributed by atoms with Gasteiger partial charge in [0.2, 0.25) is 0 Å². The third-order valence-corrected chi connectivity index (χ3v) is 5.83. The van der Waals surface area contributed by atoms with E-state index in [9.17, 15) is 0 Å². The fraction of sp³-hybridized carbons (Fsp3) is 1.00. The van der Waals surface area contributed by atoms with Gasteiger partial charge in [-0.25, -0.2) is 0 Å². The zero-order valence-electron chi connectivity index (χ0n) is 12.0. The maximum Gasteiger partial charge on any atom is 0.0446 e. The van der Waals surface area contributed by atoms with Crippen LogP contribution in [0.15, 0.2) is 0 Å². The van der Waals surface area contributed by atoms with Crippen molar-refractivity contribution in [2.75, 3.05) is 0 Å². The summed E-state index contributed by atoms with van der Waals surface area (Å²) in [6.45, 7) is 7.14. The predicted octanol–water partition coefficient (Wildman–Crippen LogP) is 6.05. The molecule has 0 atom stereocenters. The first-order chi connectivity index (χ1) is 7.81. The zero-order valence-corrected chi connectivity index (χ0v) is 13.0. The van der Waals surface area contributed by atoms with Crippen molar-refractivity contribution >= 4 is 8.80 Å². The molecule has 0 aromatic carbocycles. The SMILES string of the molecule is CCCCCCC[Si](C)CCCCCCC. The van der Waals surface area contributed by atoms with Crippen LogP contribution in [0.5, 0.6) is 0 Å². The second-order valence-corrected chi connectivity index (χ2v) is 8.20. The van der Waals surface area contributed by atoms with E-state index in [2.05, 4.69) is 20.4 Å². The topological polar surface area (TPSA) is 0 Å². The van der Waals surface area contributed by atoms with Crippen LogP contribution in [0.3, 0.4) is 0 Å². The van der Waals surface area contributed by atoms with Crippen molar-refractivity contribution in [2.24, 2.45) is 0 Å². The summed E-state index contributed by atoms with van der Waals surface area (Å²) in [4.78, 5) is 0. The summed E-state index contributed by atoms with van der Waals surface area (Å²) >= 11 is 0. The van der Waals surface area contributed by atoms with Gasteiger partial charge in [-0.15, -0.1) is 0 Å². The summed E-state index contributed by atoms with van der Waals surface area (Å²) in [7, 11) is 0.0362. The summed E-state index contributed by atoms with van der Waals surface area (Å²) < 4.78 is 0. The first-order valence-electron chi connectivity index (χ1n) is 7.62. The third kappa shape index (κ3) is 12.3. The Morgan fingerprint density at radius 1 is 0.562 bits per heavy atom. The van der Waals surface area contributed by atoms with Gasteiger partial charge in [0.1, 0.15) is 0 Å². The molecule has 0 aliphatic rings. The van der Waals surface area contributed by atoms with Gasteiger partial charge in [0.15, 0.2) is 0 Å². The predicted molar refractivity (Wildman–Crippen MR) is 78.8 cm³/mol. The Labute approximate surface area is 106 Å². The average Bonchev–Trinajstić information content (AvgIpc) is 2.28. The van der Waals surface area contributed by atoms with E-state index in [4.69, 9.17) is 0 Å². The van der Waals surface area contributed by atoms with Crippen LogP contribution in [0.25, 0.3) is 0 Å². The molecule has 0 fully saturated rings. The molecule has 0 saturated carbocycles. The Morgan fingerprint density at radius 3 is 1.31 bits per heavy atom. The van der Waals surface area contributed by atoms with Crippen LogP contribution in [0.2, 0.25) is 18.6 Å². The molecular weight excluding hydrogens is 208 g/mol. The Balaban J connectivity index is 3.09. The van der Waals surface area contributed by atoms with Gasteiger partial charge in [-0.1, -0.05) is 96.7 Å². The van der Waals surface area contributed by atoms with Crippen LogP contribution in [0, 0.1) is 0 Å². The number of hydrogen-bond donors (Lipinski definition) is 0. The molecule has 0 saturated heterocycles. The normalized spacial score (nSPS) is 11.2. The molecule has 0 nitrogen and oxygen atoms in total. The largest absolute Gasteiger partial charge is 0.0711 e. The molecule has 16 heavy (non-hydrogen) atoms. The standard InChI is InChI=1S/C15H33Si/c1-4-6-8-10-12-14-16(3)15-13-11-9-7-5-2/h4-15H2,1-3H3. The molecule has 1 heteroatoms. The summed E-state index contributed by atoms with van der Waals surface area (Å²) in [5, 5.41) is 0. The molecular formula is C15H33Si. The summed E-state index contributed by atoms with van der Waals surface area (Å²) in [6, 6.07) is 3.14. The summed E-state index contributed by atoms with van der Waals surface area (Å²) in [5.74, 6) is 0. The molecule has 0 amide bonds. The molecule has 0 unspecified atom stereocenters. The molecule has 0 aromatic rings. The lowest BCUT2D eigenvalue weighted by Crippen LogP contribution is -2.05. The Bertz CT molecular complexity index is 109. The number of rotatable bonds is 12. The fourth-order valence-corrected chi connectivity index (χ4v) is 4.14. The average molecular weight is 242 g/mol. The van der Waals surface area contributed by atoms with Crippen molar-refractivity contribution in [3.63, 3.8) is 0 Å². The van der Waals surface area contributed by atoms with E-state index in [1.807, 2.05) is 0 Å². The highest BCUT2D eigenvalue weighted by molar-refractivity contribution is 6.57. The highest BCUT2D eigenvalue weighted by Crippen LogP contribution is 2.13. The van der Waals surface area contributed by atoms with Crippen LogP contribution in [-0.2, 0) is 0 Å². The lowest BCUT2D eigenvalue weighted by molar-refractivity contribution is 0.645. The van der Waals surface area contributed by atoms with E-state index in [1.54, 1.807) is 12.1 Å². The van der Waals surface area contributed by atoms with Crippen molar-refractivity contribution in [1.29, 1.82) is 0 Å². The van der Waals surface area contributed by atoms with Crippen LogP contribution in [0.1, 0.15) is 78.1 Å². The summed E-state index contributed by atoms with van der Waals surface area (Å²) in [6.07, 6.45) is 14.6. The first-order valence-corrected chi connectivity index (χ1v) is 10.0. The van der Waals surface area contributed by atoms with E-state index in [-0.39, 0.29) is 8.80 Å². The van der Waals surface area contributed by atoms with E-state index < -0.39 is 0 Å². The molecule has 0 N–H and O–H groups in total. The van der Waals surface area contributed by atoms with E-state index in [0.717, 1.165) is 0 Å². The molecule has 0 rings (SSSR count). The minimum Gasteiger partial charge on any atom is -0.0711 e. The number of hydrogen-bond acceptors (Lipinski definition) is 0. The third-order valence-electron chi connectivity index (χ3n) is 3.41. The van der Waals surface area contributed by atoms with Crippen molar-refractivity contribution in [3.8, 4) is 0 Å². The quantitative estimate of drug-likeness (QED) is 0.288. The molecule has 0 aliphatic heterocycles. The second-order valence-electron chi connectivity index (χ2n) is 5.29. The van der Waals surface area contributed by atoms with Crippen molar-refractivity contribution in [3.05, 3.63) is 0 Å². The molecule has 1 radical (unpaired) electrons. The van der Waals surface area contributed by atoms with Crippen molar-refractivity contribution in [2.45, 2.75) is 96.7 Å². The monoisotopic (exact) mass is 241 g/mol. The van der Waals surface area contributed by atoms with Crippen LogP contribution >= 0.6 is 0 Å². The Hall–Kier alpha value is 0.217. The molecule has 0 heterocycles.